The molecule has 1 aliphatic rings. The maximum Gasteiger partial charge on any atom is 0.163 e. The van der Waals surface area contributed by atoms with Gasteiger partial charge in [-0.1, -0.05) is 22.9 Å². The number of nitrogens with zero attached hydrogens (tertiary/aromatic N) is 1. The van der Waals surface area contributed by atoms with Gasteiger partial charge >= 0.3 is 0 Å². The third-order valence-electron chi connectivity index (χ3n) is 4.57. The van der Waals surface area contributed by atoms with Crippen LogP contribution in [0, 0.1) is 5.92 Å². The molecule has 0 spiro atoms. The standard InChI is InChI=1S/C18H21BrN2O/c1-11-3-6-14(7-4-11)21-18-15-9-13(19)5-8-17(15)20-10-16(18)12(2)22/h5,8-11,14H,3-4,6-7H2,1-2H3,(H,20,21)/t11-,14-. The molecule has 1 aromatic heterocycles. The van der Waals surface area contributed by atoms with E-state index < -0.39 is 0 Å². The number of benzene rings is 1. The van der Waals surface area contributed by atoms with Gasteiger partial charge in [-0.15, -0.1) is 0 Å². The summed E-state index contributed by atoms with van der Waals surface area (Å²) in [6, 6.07) is 6.45. The van der Waals surface area contributed by atoms with Crippen LogP contribution in [-0.2, 0) is 0 Å². The number of hydrogen-bond donors (Lipinski definition) is 1. The Bertz CT molecular complexity index is 706. The highest BCUT2D eigenvalue weighted by molar-refractivity contribution is 9.10. The van der Waals surface area contributed by atoms with Gasteiger partial charge < -0.3 is 5.32 Å². The maximum absolute atomic E-state index is 12.0. The average Bonchev–Trinajstić information content (AvgIpc) is 2.49. The number of pyridine rings is 1. The minimum absolute atomic E-state index is 0.0565. The summed E-state index contributed by atoms with van der Waals surface area (Å²) in [4.78, 5) is 16.4. The van der Waals surface area contributed by atoms with Crippen molar-refractivity contribution in [3.63, 3.8) is 0 Å². The van der Waals surface area contributed by atoms with Crippen molar-refractivity contribution in [1.29, 1.82) is 0 Å². The number of aromatic nitrogens is 1. The molecule has 0 atom stereocenters. The number of nitrogens with one attached hydrogen (secondary N) is 1. The predicted octanol–water partition coefficient (Wildman–Crippen LogP) is 5.19. The lowest BCUT2D eigenvalue weighted by Gasteiger charge is -2.29. The Morgan fingerprint density at radius 1 is 1.27 bits per heavy atom. The highest BCUT2D eigenvalue weighted by Gasteiger charge is 2.21. The van der Waals surface area contributed by atoms with E-state index >= 15 is 0 Å². The first-order valence-electron chi connectivity index (χ1n) is 7.90. The summed E-state index contributed by atoms with van der Waals surface area (Å²) in [5.74, 6) is 0.870. The molecule has 3 nitrogen and oxygen atoms in total. The third kappa shape index (κ3) is 3.17. The first kappa shape index (κ1) is 15.5. The topological polar surface area (TPSA) is 42.0 Å². The molecule has 1 saturated carbocycles. The largest absolute Gasteiger partial charge is 0.381 e. The number of ketones is 1. The number of fused-ring (bicyclic) bond motifs is 1. The van der Waals surface area contributed by atoms with E-state index in [9.17, 15) is 4.79 Å². The Balaban J connectivity index is 2.02. The molecule has 0 radical (unpaired) electrons. The number of hydrogen-bond acceptors (Lipinski definition) is 3. The molecule has 0 unspecified atom stereocenters. The summed E-state index contributed by atoms with van der Waals surface area (Å²) in [6.45, 7) is 3.92. The van der Waals surface area contributed by atoms with Crippen molar-refractivity contribution < 1.29 is 4.79 Å². The zero-order chi connectivity index (χ0) is 15.7. The fourth-order valence-corrected chi connectivity index (χ4v) is 3.56. The molecule has 4 heteroatoms. The molecule has 1 heterocycles. The van der Waals surface area contributed by atoms with Crippen LogP contribution in [-0.4, -0.2) is 16.8 Å². The highest BCUT2D eigenvalue weighted by Crippen LogP contribution is 2.32. The first-order chi connectivity index (χ1) is 10.5. The molecule has 1 N–H and O–H groups in total. The van der Waals surface area contributed by atoms with Gasteiger partial charge in [0.15, 0.2) is 5.78 Å². The Kier molecular flexibility index (Phi) is 4.48. The molecular formula is C18H21BrN2O. The molecular weight excluding hydrogens is 340 g/mol. The summed E-state index contributed by atoms with van der Waals surface area (Å²) < 4.78 is 1.00. The van der Waals surface area contributed by atoms with Gasteiger partial charge in [-0.3, -0.25) is 9.78 Å². The third-order valence-corrected chi connectivity index (χ3v) is 5.07. The van der Waals surface area contributed by atoms with Crippen LogP contribution in [0.4, 0.5) is 5.69 Å². The molecule has 1 aromatic carbocycles. The predicted molar refractivity (Wildman–Crippen MR) is 94.5 cm³/mol. The minimum atomic E-state index is 0.0565. The van der Waals surface area contributed by atoms with Crippen LogP contribution in [0.2, 0.25) is 0 Å². The van der Waals surface area contributed by atoms with E-state index in [0.29, 0.717) is 11.6 Å². The average molecular weight is 361 g/mol. The van der Waals surface area contributed by atoms with Gasteiger partial charge in [-0.05, 0) is 56.7 Å². The van der Waals surface area contributed by atoms with Crippen LogP contribution in [0.5, 0.6) is 0 Å². The normalized spacial score (nSPS) is 21.8. The van der Waals surface area contributed by atoms with E-state index in [4.69, 9.17) is 0 Å². The Morgan fingerprint density at radius 2 is 2.00 bits per heavy atom. The van der Waals surface area contributed by atoms with Crippen molar-refractivity contribution >= 4 is 38.3 Å². The molecule has 0 saturated heterocycles. The number of carbonyl (C=O) groups is 1. The Morgan fingerprint density at radius 3 is 2.68 bits per heavy atom. The van der Waals surface area contributed by atoms with Crippen LogP contribution >= 0.6 is 15.9 Å². The Hall–Kier alpha value is -1.42. The van der Waals surface area contributed by atoms with E-state index in [2.05, 4.69) is 33.2 Å². The summed E-state index contributed by atoms with van der Waals surface area (Å²) in [5, 5.41) is 4.65. The van der Waals surface area contributed by atoms with Crippen molar-refractivity contribution in [1.82, 2.24) is 4.98 Å². The second-order valence-corrected chi connectivity index (χ2v) is 7.28. The van der Waals surface area contributed by atoms with E-state index in [1.54, 1.807) is 13.1 Å². The van der Waals surface area contributed by atoms with Gasteiger partial charge in [-0.2, -0.15) is 0 Å². The molecule has 0 amide bonds. The lowest BCUT2D eigenvalue weighted by atomic mass is 9.87. The maximum atomic E-state index is 12.0. The van der Waals surface area contributed by atoms with Gasteiger partial charge in [0.2, 0.25) is 0 Å². The van der Waals surface area contributed by atoms with Crippen LogP contribution in [0.25, 0.3) is 10.9 Å². The number of rotatable bonds is 3. The zero-order valence-corrected chi connectivity index (χ0v) is 14.6. The second-order valence-electron chi connectivity index (χ2n) is 6.37. The second kappa shape index (κ2) is 6.37. The van der Waals surface area contributed by atoms with Crippen LogP contribution < -0.4 is 5.32 Å². The summed E-state index contributed by atoms with van der Waals surface area (Å²) in [6.07, 6.45) is 6.53. The van der Waals surface area contributed by atoms with Gasteiger partial charge in [0.1, 0.15) is 0 Å². The SMILES string of the molecule is CC(=O)c1cnc2ccc(Br)cc2c1N[C@H]1CC[C@H](C)CC1. The highest BCUT2D eigenvalue weighted by atomic mass is 79.9. The van der Waals surface area contributed by atoms with Crippen LogP contribution in [0.3, 0.4) is 0 Å². The molecule has 0 bridgehead atoms. The molecule has 116 valence electrons. The van der Waals surface area contributed by atoms with Crippen molar-refractivity contribution in [2.24, 2.45) is 5.92 Å². The lowest BCUT2D eigenvalue weighted by molar-refractivity contribution is 0.101. The molecule has 1 aliphatic carbocycles. The number of halogens is 1. The van der Waals surface area contributed by atoms with E-state index in [1.165, 1.54) is 12.8 Å². The van der Waals surface area contributed by atoms with Gasteiger partial charge in [-0.25, -0.2) is 0 Å². The van der Waals surface area contributed by atoms with Crippen LogP contribution in [0.15, 0.2) is 28.9 Å². The minimum Gasteiger partial charge on any atom is -0.381 e. The summed E-state index contributed by atoms with van der Waals surface area (Å²) >= 11 is 3.52. The van der Waals surface area contributed by atoms with E-state index in [0.717, 1.165) is 39.8 Å². The molecule has 3 rings (SSSR count). The molecule has 1 fully saturated rings. The quantitative estimate of drug-likeness (QED) is 0.765. The molecule has 0 aliphatic heterocycles. The van der Waals surface area contributed by atoms with Crippen molar-refractivity contribution in [2.75, 3.05) is 5.32 Å². The number of carbonyl (C=O) groups excluding carboxylic acids is 1. The number of anilines is 1. The summed E-state index contributed by atoms with van der Waals surface area (Å²) in [7, 11) is 0. The van der Waals surface area contributed by atoms with Gasteiger partial charge in [0.25, 0.3) is 0 Å². The molecule has 22 heavy (non-hydrogen) atoms. The fraction of sp³-hybridized carbons (Fsp3) is 0.444. The smallest absolute Gasteiger partial charge is 0.163 e. The monoisotopic (exact) mass is 360 g/mol. The molecule has 2 aromatic rings. The van der Waals surface area contributed by atoms with Gasteiger partial charge in [0.05, 0.1) is 16.8 Å². The van der Waals surface area contributed by atoms with E-state index in [1.807, 2.05) is 18.2 Å². The first-order valence-corrected chi connectivity index (χ1v) is 8.69. The van der Waals surface area contributed by atoms with Gasteiger partial charge in [0, 0.05) is 22.1 Å². The Labute approximate surface area is 139 Å². The van der Waals surface area contributed by atoms with Crippen LogP contribution in [0.1, 0.15) is 49.9 Å². The van der Waals surface area contributed by atoms with Crippen molar-refractivity contribution in [2.45, 2.75) is 45.6 Å². The lowest BCUT2D eigenvalue weighted by Crippen LogP contribution is -2.26. The fourth-order valence-electron chi connectivity index (χ4n) is 3.20. The van der Waals surface area contributed by atoms with E-state index in [-0.39, 0.29) is 5.78 Å². The van der Waals surface area contributed by atoms with Crippen molar-refractivity contribution in [3.05, 3.63) is 34.4 Å². The zero-order valence-electron chi connectivity index (χ0n) is 13.0. The summed E-state index contributed by atoms with van der Waals surface area (Å²) in [5.41, 5.74) is 2.54. The number of Topliss-reactive ketones (excluding diaryl/α,β-unsaturated/α-hetero) is 1. The van der Waals surface area contributed by atoms with Crippen molar-refractivity contribution in [3.8, 4) is 0 Å².